The van der Waals surface area contributed by atoms with Gasteiger partial charge >= 0.3 is 0 Å². The summed E-state index contributed by atoms with van der Waals surface area (Å²) in [4.78, 5) is 4.10. The van der Waals surface area contributed by atoms with Gasteiger partial charge in [0.2, 0.25) is 0 Å². The summed E-state index contributed by atoms with van der Waals surface area (Å²) in [6, 6.07) is 4.90. The van der Waals surface area contributed by atoms with Crippen molar-refractivity contribution in [3.63, 3.8) is 0 Å². The molecule has 0 amide bonds. The molecule has 0 spiro atoms. The van der Waals surface area contributed by atoms with Crippen LogP contribution < -0.4 is 4.90 Å². The average Bonchev–Trinajstić information content (AvgIpc) is 2.34. The first-order chi connectivity index (χ1) is 8.97. The SMILES string of the molecule is CCCN(CCN(C)C)c1c(F)cccc1C(C)O. The molecule has 1 unspecified atom stereocenters. The van der Waals surface area contributed by atoms with Gasteiger partial charge in [0.25, 0.3) is 0 Å². The van der Waals surface area contributed by atoms with Crippen molar-refractivity contribution in [1.29, 1.82) is 0 Å². The number of para-hydroxylation sites is 1. The summed E-state index contributed by atoms with van der Waals surface area (Å²) in [7, 11) is 4.00. The molecule has 0 heterocycles. The Morgan fingerprint density at radius 1 is 1.21 bits per heavy atom. The molecule has 4 heteroatoms. The van der Waals surface area contributed by atoms with Crippen molar-refractivity contribution in [3.8, 4) is 0 Å². The van der Waals surface area contributed by atoms with E-state index in [1.54, 1.807) is 19.1 Å². The highest BCUT2D eigenvalue weighted by Crippen LogP contribution is 2.29. The fourth-order valence-corrected chi connectivity index (χ4v) is 2.13. The van der Waals surface area contributed by atoms with Crippen molar-refractivity contribution in [1.82, 2.24) is 4.90 Å². The summed E-state index contributed by atoms with van der Waals surface area (Å²) in [5.74, 6) is -0.259. The van der Waals surface area contributed by atoms with Crippen molar-refractivity contribution in [2.24, 2.45) is 0 Å². The average molecular weight is 268 g/mol. The van der Waals surface area contributed by atoms with Crippen LogP contribution in [0.25, 0.3) is 0 Å². The smallest absolute Gasteiger partial charge is 0.146 e. The maximum atomic E-state index is 14.1. The van der Waals surface area contributed by atoms with E-state index >= 15 is 0 Å². The maximum absolute atomic E-state index is 14.1. The van der Waals surface area contributed by atoms with E-state index in [9.17, 15) is 9.50 Å². The Labute approximate surface area is 115 Å². The van der Waals surface area contributed by atoms with Gasteiger partial charge in [-0.1, -0.05) is 19.1 Å². The fourth-order valence-electron chi connectivity index (χ4n) is 2.13. The molecule has 3 nitrogen and oxygen atoms in total. The molecule has 0 aliphatic rings. The highest BCUT2D eigenvalue weighted by Gasteiger charge is 2.18. The Morgan fingerprint density at radius 3 is 2.42 bits per heavy atom. The maximum Gasteiger partial charge on any atom is 0.146 e. The van der Waals surface area contributed by atoms with Crippen LogP contribution in [0.1, 0.15) is 31.9 Å². The lowest BCUT2D eigenvalue weighted by molar-refractivity contribution is 0.199. The van der Waals surface area contributed by atoms with Gasteiger partial charge in [-0.25, -0.2) is 4.39 Å². The molecule has 0 bridgehead atoms. The number of hydrogen-bond donors (Lipinski definition) is 1. The Balaban J connectivity index is 3.06. The molecule has 1 rings (SSSR count). The minimum Gasteiger partial charge on any atom is -0.389 e. The third-order valence-corrected chi connectivity index (χ3v) is 3.09. The first-order valence-electron chi connectivity index (χ1n) is 6.83. The second-order valence-electron chi connectivity index (χ2n) is 5.14. The highest BCUT2D eigenvalue weighted by molar-refractivity contribution is 5.55. The molecule has 1 atom stereocenters. The molecule has 0 saturated heterocycles. The Kier molecular flexibility index (Phi) is 6.25. The van der Waals surface area contributed by atoms with Gasteiger partial charge in [0, 0.05) is 25.2 Å². The molecule has 0 radical (unpaired) electrons. The van der Waals surface area contributed by atoms with E-state index in [2.05, 4.69) is 11.8 Å². The molecule has 0 aromatic heterocycles. The van der Waals surface area contributed by atoms with Crippen LogP contribution >= 0.6 is 0 Å². The first-order valence-corrected chi connectivity index (χ1v) is 6.83. The number of hydrogen-bond acceptors (Lipinski definition) is 3. The number of aliphatic hydroxyl groups is 1. The number of halogens is 1. The quantitative estimate of drug-likeness (QED) is 0.823. The van der Waals surface area contributed by atoms with E-state index in [-0.39, 0.29) is 5.82 Å². The summed E-state index contributed by atoms with van der Waals surface area (Å²) in [5.41, 5.74) is 1.20. The lowest BCUT2D eigenvalue weighted by Gasteiger charge is -2.29. The number of benzene rings is 1. The van der Waals surface area contributed by atoms with Crippen molar-refractivity contribution in [2.45, 2.75) is 26.4 Å². The van der Waals surface area contributed by atoms with Gasteiger partial charge in [-0.3, -0.25) is 0 Å². The van der Waals surface area contributed by atoms with Crippen molar-refractivity contribution >= 4 is 5.69 Å². The third kappa shape index (κ3) is 4.48. The Hall–Kier alpha value is -1.13. The van der Waals surface area contributed by atoms with Gasteiger partial charge in [0.15, 0.2) is 0 Å². The number of rotatable bonds is 7. The van der Waals surface area contributed by atoms with E-state index in [0.29, 0.717) is 11.3 Å². The molecule has 0 aliphatic heterocycles. The van der Waals surface area contributed by atoms with Gasteiger partial charge in [0.05, 0.1) is 11.8 Å². The lowest BCUT2D eigenvalue weighted by Crippen LogP contribution is -2.33. The molecule has 1 N–H and O–H groups in total. The molecule has 1 aromatic rings. The van der Waals surface area contributed by atoms with Crippen molar-refractivity contribution in [2.75, 3.05) is 38.6 Å². The van der Waals surface area contributed by atoms with Crippen molar-refractivity contribution in [3.05, 3.63) is 29.6 Å². The molecule has 0 aliphatic carbocycles. The first kappa shape index (κ1) is 15.9. The fraction of sp³-hybridized carbons (Fsp3) is 0.600. The Bertz CT molecular complexity index is 394. The minimum absolute atomic E-state index is 0.259. The normalized spacial score (nSPS) is 12.8. The Morgan fingerprint density at radius 2 is 1.89 bits per heavy atom. The number of aliphatic hydroxyl groups excluding tert-OH is 1. The number of nitrogens with zero attached hydrogens (tertiary/aromatic N) is 2. The number of likely N-dealkylation sites (N-methyl/N-ethyl adjacent to an activating group) is 1. The second-order valence-corrected chi connectivity index (χ2v) is 5.14. The molecule has 0 fully saturated rings. The zero-order valence-electron chi connectivity index (χ0n) is 12.4. The van der Waals surface area contributed by atoms with Crippen LogP contribution in [0.2, 0.25) is 0 Å². The van der Waals surface area contributed by atoms with Crippen LogP contribution in [-0.4, -0.2) is 43.7 Å². The van der Waals surface area contributed by atoms with Crippen molar-refractivity contribution < 1.29 is 9.50 Å². The van der Waals surface area contributed by atoms with Crippen LogP contribution in [0, 0.1) is 5.82 Å². The van der Waals surface area contributed by atoms with E-state index < -0.39 is 6.10 Å². The molecular weight excluding hydrogens is 243 g/mol. The molecule has 19 heavy (non-hydrogen) atoms. The lowest BCUT2D eigenvalue weighted by atomic mass is 10.1. The van der Waals surface area contributed by atoms with E-state index in [1.165, 1.54) is 6.07 Å². The minimum atomic E-state index is -0.663. The largest absolute Gasteiger partial charge is 0.389 e. The van der Waals surface area contributed by atoms with E-state index in [1.807, 2.05) is 19.0 Å². The van der Waals surface area contributed by atoms with Crippen LogP contribution in [0.3, 0.4) is 0 Å². The molecule has 0 saturated carbocycles. The third-order valence-electron chi connectivity index (χ3n) is 3.09. The predicted molar refractivity (Wildman–Crippen MR) is 78.1 cm³/mol. The highest BCUT2D eigenvalue weighted by atomic mass is 19.1. The zero-order valence-corrected chi connectivity index (χ0v) is 12.4. The van der Waals surface area contributed by atoms with Gasteiger partial charge in [-0.2, -0.15) is 0 Å². The van der Waals surface area contributed by atoms with Gasteiger partial charge in [-0.15, -0.1) is 0 Å². The monoisotopic (exact) mass is 268 g/mol. The van der Waals surface area contributed by atoms with Crippen LogP contribution in [0.4, 0.5) is 10.1 Å². The van der Waals surface area contributed by atoms with Gasteiger partial charge < -0.3 is 14.9 Å². The van der Waals surface area contributed by atoms with E-state index in [4.69, 9.17) is 0 Å². The molecular formula is C15H25FN2O. The van der Waals surface area contributed by atoms with Crippen LogP contribution in [0.5, 0.6) is 0 Å². The van der Waals surface area contributed by atoms with E-state index in [0.717, 1.165) is 26.1 Å². The molecule has 108 valence electrons. The summed E-state index contributed by atoms with van der Waals surface area (Å²) >= 11 is 0. The summed E-state index contributed by atoms with van der Waals surface area (Å²) in [6.45, 7) is 6.14. The van der Waals surface area contributed by atoms with Gasteiger partial charge in [-0.05, 0) is 33.5 Å². The molecule has 1 aromatic carbocycles. The van der Waals surface area contributed by atoms with Crippen LogP contribution in [0.15, 0.2) is 18.2 Å². The summed E-state index contributed by atoms with van der Waals surface area (Å²) < 4.78 is 14.1. The number of anilines is 1. The summed E-state index contributed by atoms with van der Waals surface area (Å²) in [5, 5.41) is 9.82. The second kappa shape index (κ2) is 7.46. The topological polar surface area (TPSA) is 26.7 Å². The summed E-state index contributed by atoms with van der Waals surface area (Å²) in [6.07, 6.45) is 0.283. The zero-order chi connectivity index (χ0) is 14.4. The predicted octanol–water partition coefficient (Wildman–Crippen LogP) is 2.66. The van der Waals surface area contributed by atoms with Crippen LogP contribution in [-0.2, 0) is 0 Å². The van der Waals surface area contributed by atoms with Gasteiger partial charge in [0.1, 0.15) is 5.82 Å². The standard InChI is InChI=1S/C15H25FN2O/c1-5-9-18(11-10-17(3)4)15-13(12(2)19)7-6-8-14(15)16/h6-8,12,19H,5,9-11H2,1-4H3.